The zero-order chi connectivity index (χ0) is 12.0. The van der Waals surface area contributed by atoms with Crippen LogP contribution in [0.15, 0.2) is 48.5 Å². The summed E-state index contributed by atoms with van der Waals surface area (Å²) in [4.78, 5) is 20.4. The number of hydrogen-bond donors (Lipinski definition) is 0. The number of carbonyl (C=O) groups excluding carboxylic acids is 2. The Balaban J connectivity index is 0.000000360. The van der Waals surface area contributed by atoms with E-state index in [1.807, 2.05) is 30.3 Å². The summed E-state index contributed by atoms with van der Waals surface area (Å²) < 4.78 is 0. The van der Waals surface area contributed by atoms with Crippen LogP contribution in [0.4, 0.5) is 0 Å². The molecular formula is C12H8FeO4-2. The summed E-state index contributed by atoms with van der Waals surface area (Å²) in [6, 6.07) is 13.6. The Labute approximate surface area is 109 Å². The maximum absolute atomic E-state index is 10.2. The molecule has 0 atom stereocenters. The van der Waals surface area contributed by atoms with Gasteiger partial charge >= 0.3 is 17.1 Å². The van der Waals surface area contributed by atoms with Crippen molar-refractivity contribution in [2.24, 2.45) is 0 Å². The molecule has 17 heavy (non-hydrogen) atoms. The van der Waals surface area contributed by atoms with E-state index < -0.39 is 11.9 Å². The fourth-order valence-corrected chi connectivity index (χ4v) is 1.10. The van der Waals surface area contributed by atoms with Crippen molar-refractivity contribution in [3.05, 3.63) is 59.7 Å². The maximum Gasteiger partial charge on any atom is 2.00 e. The minimum absolute atomic E-state index is 0. The van der Waals surface area contributed by atoms with Crippen LogP contribution in [0, 0.1) is 0 Å². The maximum atomic E-state index is 10.2. The monoisotopic (exact) mass is 272 g/mol. The van der Waals surface area contributed by atoms with E-state index in [-0.39, 0.29) is 28.2 Å². The van der Waals surface area contributed by atoms with Gasteiger partial charge in [0.1, 0.15) is 0 Å². The van der Waals surface area contributed by atoms with Crippen LogP contribution in [0.3, 0.4) is 0 Å². The summed E-state index contributed by atoms with van der Waals surface area (Å²) in [6.07, 6.45) is 0. The van der Waals surface area contributed by atoms with Crippen LogP contribution in [0.1, 0.15) is 20.7 Å². The molecule has 0 aromatic heterocycles. The Bertz CT molecular complexity index is 411. The first kappa shape index (κ1) is 15.2. The molecule has 0 spiro atoms. The average molecular weight is 272 g/mol. The van der Waals surface area contributed by atoms with Gasteiger partial charge in [-0.1, -0.05) is 5.56 Å². The van der Waals surface area contributed by atoms with Crippen LogP contribution in [0.2, 0.25) is 0 Å². The molecule has 0 aliphatic rings. The summed E-state index contributed by atoms with van der Waals surface area (Å²) in [5.41, 5.74) is -0.685. The largest absolute Gasteiger partial charge is 2.00 e. The molecule has 0 fully saturated rings. The van der Waals surface area contributed by atoms with E-state index in [4.69, 9.17) is 0 Å². The SMILES string of the molecule is O=C([O-])c1ccc[c-]1C(=O)[O-].[Fe+2].c1cc[cH-]c1. The third kappa shape index (κ3) is 4.68. The molecule has 0 radical (unpaired) electrons. The molecule has 0 bridgehead atoms. The molecule has 0 aliphatic carbocycles. The Kier molecular flexibility index (Phi) is 6.63. The first-order valence-corrected chi connectivity index (χ1v) is 4.48. The van der Waals surface area contributed by atoms with Crippen LogP contribution in [-0.2, 0) is 17.1 Å². The topological polar surface area (TPSA) is 80.3 Å². The second-order valence-corrected chi connectivity index (χ2v) is 2.89. The van der Waals surface area contributed by atoms with Crippen molar-refractivity contribution in [3.8, 4) is 0 Å². The molecule has 0 saturated heterocycles. The Morgan fingerprint density at radius 2 is 1.71 bits per heavy atom. The van der Waals surface area contributed by atoms with Gasteiger partial charge in [0.2, 0.25) is 0 Å². The van der Waals surface area contributed by atoms with Crippen LogP contribution >= 0.6 is 0 Å². The van der Waals surface area contributed by atoms with Crippen molar-refractivity contribution in [1.29, 1.82) is 0 Å². The summed E-state index contributed by atoms with van der Waals surface area (Å²) >= 11 is 0. The molecule has 90 valence electrons. The second kappa shape index (κ2) is 7.44. The van der Waals surface area contributed by atoms with E-state index in [0.29, 0.717) is 0 Å². The van der Waals surface area contributed by atoms with E-state index in [1.54, 1.807) is 0 Å². The van der Waals surface area contributed by atoms with Gasteiger partial charge in [0.15, 0.2) is 0 Å². The molecule has 0 heterocycles. The Morgan fingerprint density at radius 3 is 2.00 bits per heavy atom. The van der Waals surface area contributed by atoms with E-state index in [9.17, 15) is 19.8 Å². The van der Waals surface area contributed by atoms with E-state index in [2.05, 4.69) is 0 Å². The number of rotatable bonds is 2. The van der Waals surface area contributed by atoms with Crippen LogP contribution < -0.4 is 10.2 Å². The third-order valence-corrected chi connectivity index (χ3v) is 1.81. The molecule has 0 unspecified atom stereocenters. The molecule has 4 nitrogen and oxygen atoms in total. The van der Waals surface area contributed by atoms with Crippen molar-refractivity contribution in [3.63, 3.8) is 0 Å². The van der Waals surface area contributed by atoms with Gasteiger partial charge in [0.25, 0.3) is 0 Å². The van der Waals surface area contributed by atoms with Gasteiger partial charge in [-0.05, 0) is 5.97 Å². The molecule has 0 saturated carbocycles. The van der Waals surface area contributed by atoms with Crippen LogP contribution in [-0.4, -0.2) is 11.9 Å². The van der Waals surface area contributed by atoms with Crippen molar-refractivity contribution in [1.82, 2.24) is 0 Å². The quantitative estimate of drug-likeness (QED) is 0.547. The molecule has 2 rings (SSSR count). The predicted molar refractivity (Wildman–Crippen MR) is 52.7 cm³/mol. The van der Waals surface area contributed by atoms with Crippen LogP contribution in [0.5, 0.6) is 0 Å². The molecule has 0 N–H and O–H groups in total. The van der Waals surface area contributed by atoms with Gasteiger partial charge in [-0.3, -0.25) is 0 Å². The Morgan fingerprint density at radius 1 is 1.12 bits per heavy atom. The molecular weight excluding hydrogens is 264 g/mol. The minimum Gasteiger partial charge on any atom is -0.603 e. The van der Waals surface area contributed by atoms with Gasteiger partial charge in [0, 0.05) is 5.97 Å². The number of aromatic carboxylic acids is 2. The zero-order valence-corrected chi connectivity index (χ0v) is 9.71. The summed E-state index contributed by atoms with van der Waals surface area (Å²) in [5.74, 6) is -3.01. The van der Waals surface area contributed by atoms with Gasteiger partial charge < -0.3 is 19.8 Å². The molecule has 0 amide bonds. The number of carbonyl (C=O) groups is 2. The second-order valence-electron chi connectivity index (χ2n) is 2.89. The smallest absolute Gasteiger partial charge is 0.603 e. The third-order valence-electron chi connectivity index (χ3n) is 1.81. The van der Waals surface area contributed by atoms with Crippen LogP contribution in [0.25, 0.3) is 0 Å². The van der Waals surface area contributed by atoms with Gasteiger partial charge in [-0.15, -0.1) is 11.6 Å². The van der Waals surface area contributed by atoms with Gasteiger partial charge in [0.05, 0.1) is 0 Å². The predicted octanol–water partition coefficient (Wildman–Crippen LogP) is -0.465. The normalized spacial score (nSPS) is 8.47. The molecule has 2 aromatic rings. The van der Waals surface area contributed by atoms with Crippen molar-refractivity contribution in [2.75, 3.05) is 0 Å². The molecule has 5 heteroatoms. The van der Waals surface area contributed by atoms with Crippen molar-refractivity contribution in [2.45, 2.75) is 0 Å². The fourth-order valence-electron chi connectivity index (χ4n) is 1.10. The standard InChI is InChI=1S/C7H5O4.C5H5.Fe/c8-6(9)4-2-1-3-5(4)7(10)11;1-2-4-5-3-1;/h1-3H,(H,8,9)(H,10,11);1-5H;/q2*-1;+2/p-2. The first-order chi connectivity index (χ1) is 7.63. The van der Waals surface area contributed by atoms with Gasteiger partial charge in [-0.25, -0.2) is 12.1 Å². The minimum atomic E-state index is -1.51. The van der Waals surface area contributed by atoms with Crippen molar-refractivity contribution >= 4 is 11.9 Å². The average Bonchev–Trinajstić information content (AvgIpc) is 2.92. The summed E-state index contributed by atoms with van der Waals surface area (Å²) in [6.45, 7) is 0. The Hall–Kier alpha value is -1.84. The summed E-state index contributed by atoms with van der Waals surface area (Å²) in [7, 11) is 0. The number of carboxylic acids is 2. The zero-order valence-electron chi connectivity index (χ0n) is 8.61. The fraction of sp³-hybridized carbons (Fsp3) is 0. The molecule has 0 aliphatic heterocycles. The van der Waals surface area contributed by atoms with Gasteiger partial charge in [-0.2, -0.15) is 30.3 Å². The first-order valence-electron chi connectivity index (χ1n) is 4.48. The van der Waals surface area contributed by atoms with E-state index in [1.165, 1.54) is 6.07 Å². The van der Waals surface area contributed by atoms with E-state index in [0.717, 1.165) is 12.1 Å². The summed E-state index contributed by atoms with van der Waals surface area (Å²) in [5, 5.41) is 20.4. The van der Waals surface area contributed by atoms with E-state index >= 15 is 0 Å². The number of hydrogen-bond acceptors (Lipinski definition) is 4. The molecule has 2 aromatic carbocycles. The van der Waals surface area contributed by atoms with Crippen molar-refractivity contribution < 1.29 is 36.9 Å². The number of carboxylic acid groups (broad SMARTS) is 2.